The quantitative estimate of drug-likeness (QED) is 0.655. The van der Waals surface area contributed by atoms with Crippen LogP contribution in [0.4, 0.5) is 5.69 Å². The van der Waals surface area contributed by atoms with Crippen LogP contribution in [0.15, 0.2) is 23.1 Å². The number of hydrogen-bond acceptors (Lipinski definition) is 5. The molecule has 110 valence electrons. The molecule has 1 aliphatic rings. The van der Waals surface area contributed by atoms with E-state index in [1.165, 1.54) is 12.1 Å². The van der Waals surface area contributed by atoms with Crippen LogP contribution in [0.3, 0.4) is 0 Å². The number of nitrogens with one attached hydrogen (secondary N) is 1. The van der Waals surface area contributed by atoms with Crippen LogP contribution in [0.2, 0.25) is 5.02 Å². The number of ether oxygens (including phenoxy) is 1. The summed E-state index contributed by atoms with van der Waals surface area (Å²) < 4.78 is 31.7. The lowest BCUT2D eigenvalue weighted by Gasteiger charge is -2.10. The Morgan fingerprint density at radius 3 is 2.85 bits per heavy atom. The summed E-state index contributed by atoms with van der Waals surface area (Å²) in [6.07, 6.45) is 0.795. The van der Waals surface area contributed by atoms with Gasteiger partial charge in [0.05, 0.1) is 16.4 Å². The van der Waals surface area contributed by atoms with Gasteiger partial charge in [-0.15, -0.1) is 0 Å². The van der Waals surface area contributed by atoms with Crippen LogP contribution in [0.1, 0.15) is 6.42 Å². The van der Waals surface area contributed by atoms with E-state index in [-0.39, 0.29) is 22.4 Å². The molecule has 0 bridgehead atoms. The number of hydrogen-bond donors (Lipinski definition) is 1. The second-order valence-electron chi connectivity index (χ2n) is 4.45. The average Bonchev–Trinajstić information content (AvgIpc) is 2.89. The average molecular weight is 321 g/mol. The van der Waals surface area contributed by atoms with Crippen molar-refractivity contribution < 1.29 is 18.1 Å². The minimum Gasteiger partial charge on any atom is -0.381 e. The Kier molecular flexibility index (Phi) is 4.59. The molecule has 7 nitrogen and oxygen atoms in total. The van der Waals surface area contributed by atoms with Gasteiger partial charge in [0.1, 0.15) is 5.02 Å². The molecule has 1 aromatic rings. The Labute approximate surface area is 121 Å². The maximum Gasteiger partial charge on any atom is 0.289 e. The zero-order valence-electron chi connectivity index (χ0n) is 10.4. The second-order valence-corrected chi connectivity index (χ2v) is 6.63. The molecule has 1 atom stereocenters. The highest BCUT2D eigenvalue weighted by Gasteiger charge is 2.23. The molecule has 1 saturated heterocycles. The summed E-state index contributed by atoms with van der Waals surface area (Å²) in [6.45, 7) is 1.39. The number of halogens is 1. The summed E-state index contributed by atoms with van der Waals surface area (Å²) in [5.74, 6) is 0.132. The van der Waals surface area contributed by atoms with E-state index in [4.69, 9.17) is 16.3 Å². The highest BCUT2D eigenvalue weighted by atomic mass is 35.5. The molecule has 1 unspecified atom stereocenters. The minimum absolute atomic E-state index is 0.0989. The van der Waals surface area contributed by atoms with Gasteiger partial charge in [-0.25, -0.2) is 13.1 Å². The molecule has 0 saturated carbocycles. The molecule has 0 amide bonds. The lowest BCUT2D eigenvalue weighted by atomic mass is 10.1. The van der Waals surface area contributed by atoms with E-state index in [0.717, 1.165) is 12.5 Å². The Bertz CT molecular complexity index is 613. The van der Waals surface area contributed by atoms with Crippen molar-refractivity contribution in [1.82, 2.24) is 4.72 Å². The molecule has 0 aromatic heterocycles. The van der Waals surface area contributed by atoms with Gasteiger partial charge in [-0.1, -0.05) is 11.6 Å². The monoisotopic (exact) mass is 320 g/mol. The van der Waals surface area contributed by atoms with Crippen molar-refractivity contribution in [3.8, 4) is 0 Å². The summed E-state index contributed by atoms with van der Waals surface area (Å²) in [5.41, 5.74) is -0.432. The first-order valence-electron chi connectivity index (χ1n) is 5.91. The lowest BCUT2D eigenvalue weighted by Crippen LogP contribution is -2.29. The molecule has 1 aliphatic heterocycles. The standard InChI is InChI=1S/C11H13ClN2O5S/c12-10-2-1-9(5-11(10)14(15)16)20(17,18)13-6-8-3-4-19-7-8/h1-2,5,8,13H,3-4,6-7H2. The number of nitro benzene ring substituents is 1. The van der Waals surface area contributed by atoms with E-state index in [9.17, 15) is 18.5 Å². The molecule has 0 spiro atoms. The smallest absolute Gasteiger partial charge is 0.289 e. The molecule has 0 radical (unpaired) electrons. The topological polar surface area (TPSA) is 98.5 Å². The third-order valence-electron chi connectivity index (χ3n) is 3.01. The normalized spacial score (nSPS) is 19.1. The Balaban J connectivity index is 2.16. The Morgan fingerprint density at radius 2 is 2.25 bits per heavy atom. The summed E-state index contributed by atoms with van der Waals surface area (Å²) in [7, 11) is -3.79. The van der Waals surface area contributed by atoms with Gasteiger partial charge in [-0.2, -0.15) is 0 Å². The van der Waals surface area contributed by atoms with Crippen molar-refractivity contribution in [2.75, 3.05) is 19.8 Å². The highest BCUT2D eigenvalue weighted by Crippen LogP contribution is 2.27. The largest absolute Gasteiger partial charge is 0.381 e. The first-order chi connectivity index (χ1) is 9.40. The van der Waals surface area contributed by atoms with Crippen LogP contribution in [0.5, 0.6) is 0 Å². The third kappa shape index (κ3) is 3.45. The van der Waals surface area contributed by atoms with Crippen molar-refractivity contribution in [3.63, 3.8) is 0 Å². The zero-order valence-corrected chi connectivity index (χ0v) is 12.0. The molecule has 9 heteroatoms. The molecular weight excluding hydrogens is 308 g/mol. The van der Waals surface area contributed by atoms with Crippen LogP contribution in [0, 0.1) is 16.0 Å². The van der Waals surface area contributed by atoms with Gasteiger partial charge in [0.25, 0.3) is 5.69 Å². The molecular formula is C11H13ClN2O5S. The fraction of sp³-hybridized carbons (Fsp3) is 0.455. The van der Waals surface area contributed by atoms with Crippen molar-refractivity contribution in [1.29, 1.82) is 0 Å². The molecule has 1 aromatic carbocycles. The maximum atomic E-state index is 12.1. The van der Waals surface area contributed by atoms with Crippen molar-refractivity contribution >= 4 is 27.3 Å². The third-order valence-corrected chi connectivity index (χ3v) is 4.75. The maximum absolute atomic E-state index is 12.1. The first kappa shape index (κ1) is 15.2. The van der Waals surface area contributed by atoms with Crippen molar-refractivity contribution in [2.45, 2.75) is 11.3 Å². The number of nitro groups is 1. The van der Waals surface area contributed by atoms with Crippen molar-refractivity contribution in [2.24, 2.45) is 5.92 Å². The predicted molar refractivity (Wildman–Crippen MR) is 72.2 cm³/mol. The number of benzene rings is 1. The molecule has 1 N–H and O–H groups in total. The van der Waals surface area contributed by atoms with E-state index in [2.05, 4.69) is 4.72 Å². The van der Waals surface area contributed by atoms with Crippen LogP contribution in [-0.4, -0.2) is 33.1 Å². The number of rotatable bonds is 5. The van der Waals surface area contributed by atoms with Gasteiger partial charge >= 0.3 is 0 Å². The Morgan fingerprint density at radius 1 is 1.50 bits per heavy atom. The summed E-state index contributed by atoms with van der Waals surface area (Å²) in [4.78, 5) is 9.87. The summed E-state index contributed by atoms with van der Waals surface area (Å²) in [6, 6.07) is 3.39. The lowest BCUT2D eigenvalue weighted by molar-refractivity contribution is -0.384. The van der Waals surface area contributed by atoms with E-state index in [1.807, 2.05) is 0 Å². The van der Waals surface area contributed by atoms with E-state index in [0.29, 0.717) is 13.2 Å². The summed E-state index contributed by atoms with van der Waals surface area (Å²) in [5, 5.41) is 10.7. The van der Waals surface area contributed by atoms with E-state index >= 15 is 0 Å². The summed E-state index contributed by atoms with van der Waals surface area (Å²) >= 11 is 5.65. The first-order valence-corrected chi connectivity index (χ1v) is 7.77. The molecule has 0 aliphatic carbocycles. The van der Waals surface area contributed by atoms with E-state index < -0.39 is 20.6 Å². The van der Waals surface area contributed by atoms with Gasteiger partial charge in [0.2, 0.25) is 10.0 Å². The number of nitrogens with zero attached hydrogens (tertiary/aromatic N) is 1. The van der Waals surface area contributed by atoms with Crippen LogP contribution in [-0.2, 0) is 14.8 Å². The Hall–Kier alpha value is -1.22. The van der Waals surface area contributed by atoms with Crippen LogP contribution < -0.4 is 4.72 Å². The number of sulfonamides is 1. The second kappa shape index (κ2) is 6.04. The molecule has 1 heterocycles. The SMILES string of the molecule is O=[N+]([O-])c1cc(S(=O)(=O)NCC2CCOC2)ccc1Cl. The van der Waals surface area contributed by atoms with Crippen molar-refractivity contribution in [3.05, 3.63) is 33.3 Å². The van der Waals surface area contributed by atoms with E-state index in [1.54, 1.807) is 0 Å². The molecule has 1 fully saturated rings. The van der Waals surface area contributed by atoms with Gasteiger partial charge in [0, 0.05) is 19.2 Å². The minimum atomic E-state index is -3.79. The predicted octanol–water partition coefficient (Wildman–Crippen LogP) is 1.56. The molecule has 20 heavy (non-hydrogen) atoms. The highest BCUT2D eigenvalue weighted by molar-refractivity contribution is 7.89. The van der Waals surface area contributed by atoms with Gasteiger partial charge in [-0.3, -0.25) is 10.1 Å². The van der Waals surface area contributed by atoms with Gasteiger partial charge in [0.15, 0.2) is 0 Å². The fourth-order valence-corrected chi connectivity index (χ4v) is 3.18. The van der Waals surface area contributed by atoms with Crippen LogP contribution in [0.25, 0.3) is 0 Å². The zero-order chi connectivity index (χ0) is 14.8. The van der Waals surface area contributed by atoms with Gasteiger partial charge < -0.3 is 4.74 Å². The molecule has 2 rings (SSSR count). The van der Waals surface area contributed by atoms with Gasteiger partial charge in [-0.05, 0) is 24.5 Å². The fourth-order valence-electron chi connectivity index (χ4n) is 1.85. The van der Waals surface area contributed by atoms with Crippen LogP contribution >= 0.6 is 11.6 Å².